The summed E-state index contributed by atoms with van der Waals surface area (Å²) in [6, 6.07) is 6.28. The van der Waals surface area contributed by atoms with E-state index in [2.05, 4.69) is 15.5 Å². The van der Waals surface area contributed by atoms with E-state index in [0.29, 0.717) is 24.5 Å². The first-order valence-electron chi connectivity index (χ1n) is 7.58. The molecule has 0 unspecified atom stereocenters. The minimum absolute atomic E-state index is 0.0892. The molecule has 0 amide bonds. The van der Waals surface area contributed by atoms with Crippen LogP contribution < -0.4 is 5.43 Å². The largest absolute Gasteiger partial charge is 0.261 e. The van der Waals surface area contributed by atoms with Gasteiger partial charge in [-0.1, -0.05) is 19.9 Å². The van der Waals surface area contributed by atoms with Crippen LogP contribution in [-0.4, -0.2) is 37.0 Å². The Morgan fingerprint density at radius 1 is 1.16 bits per heavy atom. The lowest BCUT2D eigenvalue weighted by atomic mass is 10.2. The Kier molecular flexibility index (Phi) is 6.16. The number of anilines is 1. The SMILES string of the molecule is CCN(CC)S(=O)(=O)c1ccc(N/N=C/c2ccc(F)c(F)c2)nc1. The van der Waals surface area contributed by atoms with Crippen LogP contribution in [0.4, 0.5) is 14.6 Å². The molecule has 0 atom stereocenters. The molecule has 9 heteroatoms. The first-order chi connectivity index (χ1) is 11.9. The van der Waals surface area contributed by atoms with E-state index in [4.69, 9.17) is 0 Å². The van der Waals surface area contributed by atoms with Crippen molar-refractivity contribution in [2.75, 3.05) is 18.5 Å². The number of nitrogens with one attached hydrogen (secondary N) is 1. The molecule has 25 heavy (non-hydrogen) atoms. The minimum atomic E-state index is -3.56. The Hall–Kier alpha value is -2.39. The molecule has 1 N–H and O–H groups in total. The van der Waals surface area contributed by atoms with Crippen molar-refractivity contribution in [3.8, 4) is 0 Å². The molecule has 0 fully saturated rings. The van der Waals surface area contributed by atoms with E-state index >= 15 is 0 Å². The molecule has 0 aliphatic rings. The van der Waals surface area contributed by atoms with E-state index in [1.165, 1.54) is 34.9 Å². The van der Waals surface area contributed by atoms with Crippen LogP contribution in [0.2, 0.25) is 0 Å². The number of sulfonamides is 1. The van der Waals surface area contributed by atoms with E-state index in [1.807, 2.05) is 0 Å². The number of hydrazone groups is 1. The van der Waals surface area contributed by atoms with Crippen LogP contribution in [0.5, 0.6) is 0 Å². The molecule has 0 spiro atoms. The van der Waals surface area contributed by atoms with Crippen LogP contribution in [0, 0.1) is 11.6 Å². The average Bonchev–Trinajstić information content (AvgIpc) is 2.59. The summed E-state index contributed by atoms with van der Waals surface area (Å²) in [4.78, 5) is 4.08. The fourth-order valence-electron chi connectivity index (χ4n) is 2.08. The molecule has 1 aromatic carbocycles. The molecule has 6 nitrogen and oxygen atoms in total. The molecule has 0 bridgehead atoms. The number of hydrogen-bond donors (Lipinski definition) is 1. The molecule has 0 saturated heterocycles. The average molecular weight is 368 g/mol. The molecule has 134 valence electrons. The number of nitrogens with zero attached hydrogens (tertiary/aromatic N) is 3. The Morgan fingerprint density at radius 3 is 2.44 bits per heavy atom. The van der Waals surface area contributed by atoms with E-state index in [0.717, 1.165) is 12.1 Å². The van der Waals surface area contributed by atoms with Gasteiger partial charge in [0.25, 0.3) is 0 Å². The van der Waals surface area contributed by atoms with Gasteiger partial charge in [-0.3, -0.25) is 5.43 Å². The predicted molar refractivity (Wildman–Crippen MR) is 91.9 cm³/mol. The molecule has 0 radical (unpaired) electrons. The van der Waals surface area contributed by atoms with Crippen LogP contribution in [0.1, 0.15) is 19.4 Å². The number of hydrogen-bond acceptors (Lipinski definition) is 5. The van der Waals surface area contributed by atoms with Gasteiger partial charge in [-0.05, 0) is 29.8 Å². The first kappa shape index (κ1) is 18.9. The lowest BCUT2D eigenvalue weighted by Crippen LogP contribution is -2.30. The molecular weight excluding hydrogens is 350 g/mol. The lowest BCUT2D eigenvalue weighted by Gasteiger charge is -2.18. The Balaban J connectivity index is 2.07. The van der Waals surface area contributed by atoms with Crippen molar-refractivity contribution in [1.82, 2.24) is 9.29 Å². The van der Waals surface area contributed by atoms with Crippen LogP contribution in [0.15, 0.2) is 46.5 Å². The minimum Gasteiger partial charge on any atom is -0.261 e. The quantitative estimate of drug-likeness (QED) is 0.602. The Bertz CT molecular complexity index is 851. The second-order valence-corrected chi connectivity index (χ2v) is 6.95. The highest BCUT2D eigenvalue weighted by Crippen LogP contribution is 2.16. The molecule has 0 aliphatic heterocycles. The van der Waals surface area contributed by atoms with Gasteiger partial charge in [0, 0.05) is 19.3 Å². The maximum absolute atomic E-state index is 13.1. The van der Waals surface area contributed by atoms with Crippen molar-refractivity contribution in [2.45, 2.75) is 18.7 Å². The topological polar surface area (TPSA) is 74.7 Å². The molecule has 2 rings (SSSR count). The number of halogens is 2. The van der Waals surface area contributed by atoms with Gasteiger partial charge in [-0.2, -0.15) is 9.41 Å². The summed E-state index contributed by atoms with van der Waals surface area (Å²) in [5.74, 6) is -1.58. The van der Waals surface area contributed by atoms with Crippen molar-refractivity contribution >= 4 is 22.1 Å². The number of aromatic nitrogens is 1. The fraction of sp³-hybridized carbons (Fsp3) is 0.250. The first-order valence-corrected chi connectivity index (χ1v) is 9.02. The van der Waals surface area contributed by atoms with E-state index < -0.39 is 21.7 Å². The maximum atomic E-state index is 13.1. The van der Waals surface area contributed by atoms with Crippen LogP contribution >= 0.6 is 0 Å². The van der Waals surface area contributed by atoms with Gasteiger partial charge in [0.2, 0.25) is 10.0 Å². The van der Waals surface area contributed by atoms with Gasteiger partial charge in [0.15, 0.2) is 11.6 Å². The zero-order valence-electron chi connectivity index (χ0n) is 13.8. The fourth-order valence-corrected chi connectivity index (χ4v) is 3.48. The molecule has 0 saturated carbocycles. The number of pyridine rings is 1. The zero-order chi connectivity index (χ0) is 18.4. The van der Waals surface area contributed by atoms with Crippen LogP contribution in [-0.2, 0) is 10.0 Å². The molecular formula is C16H18F2N4O2S. The van der Waals surface area contributed by atoms with Crippen LogP contribution in [0.25, 0.3) is 0 Å². The third-order valence-electron chi connectivity index (χ3n) is 3.42. The Labute approximate surface area is 145 Å². The summed E-state index contributed by atoms with van der Waals surface area (Å²) >= 11 is 0. The maximum Gasteiger partial charge on any atom is 0.244 e. The summed E-state index contributed by atoms with van der Waals surface area (Å²) in [7, 11) is -3.56. The molecule has 2 aromatic rings. The normalized spacial score (nSPS) is 12.0. The Morgan fingerprint density at radius 2 is 1.88 bits per heavy atom. The van der Waals surface area contributed by atoms with E-state index in [1.54, 1.807) is 13.8 Å². The highest BCUT2D eigenvalue weighted by Gasteiger charge is 2.21. The van der Waals surface area contributed by atoms with Crippen molar-refractivity contribution in [3.05, 3.63) is 53.7 Å². The third-order valence-corrected chi connectivity index (χ3v) is 5.45. The van der Waals surface area contributed by atoms with E-state index in [9.17, 15) is 17.2 Å². The lowest BCUT2D eigenvalue weighted by molar-refractivity contribution is 0.445. The van der Waals surface area contributed by atoms with Gasteiger partial charge in [0.05, 0.1) is 6.21 Å². The van der Waals surface area contributed by atoms with Gasteiger partial charge < -0.3 is 0 Å². The third kappa shape index (κ3) is 4.58. The van der Waals surface area contributed by atoms with Crippen molar-refractivity contribution in [1.29, 1.82) is 0 Å². The summed E-state index contributed by atoms with van der Waals surface area (Å²) in [5, 5.41) is 3.86. The second kappa shape index (κ2) is 8.13. The van der Waals surface area contributed by atoms with Gasteiger partial charge in [-0.15, -0.1) is 0 Å². The second-order valence-electron chi connectivity index (χ2n) is 5.01. The standard InChI is InChI=1S/C16H18F2N4O2S/c1-3-22(4-2)25(23,24)13-6-8-16(19-11-13)21-20-10-12-5-7-14(17)15(18)9-12/h5-11H,3-4H2,1-2H3,(H,19,21)/b20-10+. The smallest absolute Gasteiger partial charge is 0.244 e. The molecule has 1 aromatic heterocycles. The predicted octanol–water partition coefficient (Wildman–Crippen LogP) is 2.84. The molecule has 0 aliphatic carbocycles. The van der Waals surface area contributed by atoms with Crippen molar-refractivity contribution in [3.63, 3.8) is 0 Å². The summed E-state index contributed by atoms with van der Waals surface area (Å²) < 4.78 is 51.9. The van der Waals surface area contributed by atoms with Gasteiger partial charge in [0.1, 0.15) is 10.7 Å². The summed E-state index contributed by atoms with van der Waals surface area (Å²) in [5.41, 5.74) is 2.96. The molecule has 1 heterocycles. The summed E-state index contributed by atoms with van der Waals surface area (Å²) in [6.45, 7) is 4.27. The summed E-state index contributed by atoms with van der Waals surface area (Å²) in [6.07, 6.45) is 2.54. The van der Waals surface area contributed by atoms with Gasteiger partial charge in [-0.25, -0.2) is 22.2 Å². The highest BCUT2D eigenvalue weighted by molar-refractivity contribution is 7.89. The van der Waals surface area contributed by atoms with Gasteiger partial charge >= 0.3 is 0 Å². The van der Waals surface area contributed by atoms with Crippen LogP contribution in [0.3, 0.4) is 0 Å². The number of benzene rings is 1. The van der Waals surface area contributed by atoms with Crippen molar-refractivity contribution < 1.29 is 17.2 Å². The van der Waals surface area contributed by atoms with E-state index in [-0.39, 0.29) is 4.90 Å². The number of rotatable bonds is 7. The highest BCUT2D eigenvalue weighted by atomic mass is 32.2. The van der Waals surface area contributed by atoms with Crippen molar-refractivity contribution in [2.24, 2.45) is 5.10 Å². The zero-order valence-corrected chi connectivity index (χ0v) is 14.6. The monoisotopic (exact) mass is 368 g/mol.